The molecule has 18 heavy (non-hydrogen) atoms. The summed E-state index contributed by atoms with van der Waals surface area (Å²) in [5, 5.41) is 12.0. The molecule has 0 unspecified atom stereocenters. The normalized spacial score (nSPS) is 12.4. The van der Waals surface area contributed by atoms with Crippen molar-refractivity contribution in [3.63, 3.8) is 0 Å². The van der Waals surface area contributed by atoms with Gasteiger partial charge >= 0.3 is 5.97 Å². The van der Waals surface area contributed by atoms with Gasteiger partial charge in [-0.1, -0.05) is 35.7 Å². The molecule has 0 aliphatic carbocycles. The molecule has 0 fully saturated rings. The highest BCUT2D eigenvalue weighted by atomic mass is 79.9. The fourth-order valence-corrected chi connectivity index (χ4v) is 2.02. The standard InChI is InChI=1S/C13H17BrFNO2/c1-2-3-4-12(13(17)18)16-8-9-7-10(15)5-6-11(9)14/h5-7,12,16H,2-4,8H2,1H3,(H,17,18)/t12-/m0/s1. The minimum absolute atomic E-state index is 0.324. The first-order valence-corrected chi connectivity index (χ1v) is 6.74. The third-order valence-electron chi connectivity index (χ3n) is 2.69. The number of carboxylic acid groups (broad SMARTS) is 1. The van der Waals surface area contributed by atoms with Crippen molar-refractivity contribution in [1.29, 1.82) is 0 Å². The summed E-state index contributed by atoms with van der Waals surface area (Å²) < 4.78 is 13.8. The molecule has 0 bridgehead atoms. The van der Waals surface area contributed by atoms with Crippen LogP contribution in [0.4, 0.5) is 4.39 Å². The van der Waals surface area contributed by atoms with E-state index in [-0.39, 0.29) is 5.82 Å². The van der Waals surface area contributed by atoms with E-state index in [0.717, 1.165) is 22.9 Å². The van der Waals surface area contributed by atoms with E-state index in [1.54, 1.807) is 6.07 Å². The Bertz CT molecular complexity index is 412. The summed E-state index contributed by atoms with van der Waals surface area (Å²) in [4.78, 5) is 11.0. The summed E-state index contributed by atoms with van der Waals surface area (Å²) in [6.45, 7) is 2.35. The Kier molecular flexibility index (Phi) is 6.29. The highest BCUT2D eigenvalue weighted by Crippen LogP contribution is 2.18. The number of rotatable bonds is 7. The zero-order valence-electron chi connectivity index (χ0n) is 10.2. The molecule has 0 aliphatic heterocycles. The van der Waals surface area contributed by atoms with Gasteiger partial charge < -0.3 is 10.4 Å². The second kappa shape index (κ2) is 7.48. The Morgan fingerprint density at radius 1 is 1.56 bits per heavy atom. The van der Waals surface area contributed by atoms with Crippen molar-refractivity contribution in [3.8, 4) is 0 Å². The van der Waals surface area contributed by atoms with Gasteiger partial charge in [0, 0.05) is 11.0 Å². The Morgan fingerprint density at radius 3 is 2.89 bits per heavy atom. The van der Waals surface area contributed by atoms with Gasteiger partial charge in [0.2, 0.25) is 0 Å². The molecule has 0 aromatic heterocycles. The van der Waals surface area contributed by atoms with Gasteiger partial charge in [0.25, 0.3) is 0 Å². The maximum Gasteiger partial charge on any atom is 0.320 e. The number of benzene rings is 1. The van der Waals surface area contributed by atoms with Gasteiger partial charge in [0.1, 0.15) is 11.9 Å². The van der Waals surface area contributed by atoms with Gasteiger partial charge in [-0.15, -0.1) is 0 Å². The number of unbranched alkanes of at least 4 members (excludes halogenated alkanes) is 1. The number of hydrogen-bond donors (Lipinski definition) is 2. The molecule has 1 atom stereocenters. The third-order valence-corrected chi connectivity index (χ3v) is 3.46. The zero-order valence-corrected chi connectivity index (χ0v) is 11.8. The molecular weight excluding hydrogens is 301 g/mol. The first-order valence-electron chi connectivity index (χ1n) is 5.94. The van der Waals surface area contributed by atoms with E-state index >= 15 is 0 Å². The summed E-state index contributed by atoms with van der Waals surface area (Å²) in [5.74, 6) is -1.19. The number of halogens is 2. The summed E-state index contributed by atoms with van der Waals surface area (Å²) in [6.07, 6.45) is 2.39. The topological polar surface area (TPSA) is 49.3 Å². The van der Waals surface area contributed by atoms with Crippen LogP contribution in [0.5, 0.6) is 0 Å². The SMILES string of the molecule is CCCC[C@H](NCc1cc(F)ccc1Br)C(=O)O. The lowest BCUT2D eigenvalue weighted by Gasteiger charge is -2.14. The lowest BCUT2D eigenvalue weighted by molar-refractivity contribution is -0.139. The van der Waals surface area contributed by atoms with E-state index in [4.69, 9.17) is 5.11 Å². The van der Waals surface area contributed by atoms with Gasteiger partial charge in [0.05, 0.1) is 0 Å². The van der Waals surface area contributed by atoms with E-state index in [1.807, 2.05) is 6.92 Å². The van der Waals surface area contributed by atoms with Crippen LogP contribution in [-0.2, 0) is 11.3 Å². The van der Waals surface area contributed by atoms with Crippen molar-refractivity contribution >= 4 is 21.9 Å². The molecule has 0 radical (unpaired) electrons. The average molecular weight is 318 g/mol. The fourth-order valence-electron chi connectivity index (χ4n) is 1.63. The van der Waals surface area contributed by atoms with E-state index in [9.17, 15) is 9.18 Å². The van der Waals surface area contributed by atoms with Crippen LogP contribution >= 0.6 is 15.9 Å². The quantitative estimate of drug-likeness (QED) is 0.811. The van der Waals surface area contributed by atoms with E-state index in [0.29, 0.717) is 13.0 Å². The second-order valence-corrected chi connectivity index (χ2v) is 5.00. The van der Waals surface area contributed by atoms with E-state index in [1.165, 1.54) is 12.1 Å². The van der Waals surface area contributed by atoms with E-state index in [2.05, 4.69) is 21.2 Å². The fraction of sp³-hybridized carbons (Fsp3) is 0.462. The Labute approximate surface area is 115 Å². The molecule has 0 saturated carbocycles. The largest absolute Gasteiger partial charge is 0.480 e. The van der Waals surface area contributed by atoms with Gasteiger partial charge in [0.15, 0.2) is 0 Å². The summed E-state index contributed by atoms with van der Waals surface area (Å²) in [6, 6.07) is 3.80. The molecule has 1 rings (SSSR count). The third kappa shape index (κ3) is 4.74. The number of nitrogens with one attached hydrogen (secondary N) is 1. The van der Waals surface area contributed by atoms with Crippen LogP contribution in [0.25, 0.3) is 0 Å². The van der Waals surface area contributed by atoms with Crippen LogP contribution in [0.2, 0.25) is 0 Å². The molecule has 1 aromatic carbocycles. The van der Waals surface area contributed by atoms with Gasteiger partial charge in [-0.3, -0.25) is 4.79 Å². The average Bonchev–Trinajstić information content (AvgIpc) is 2.33. The molecule has 100 valence electrons. The summed E-state index contributed by atoms with van der Waals surface area (Å²) in [5.41, 5.74) is 0.720. The van der Waals surface area contributed by atoms with Crippen molar-refractivity contribution in [2.45, 2.75) is 38.8 Å². The number of aliphatic carboxylic acids is 1. The molecule has 3 nitrogen and oxygen atoms in total. The van der Waals surface area contributed by atoms with Crippen molar-refractivity contribution < 1.29 is 14.3 Å². The first kappa shape index (κ1) is 15.1. The maximum atomic E-state index is 13.1. The van der Waals surface area contributed by atoms with Crippen LogP contribution in [0.1, 0.15) is 31.7 Å². The Morgan fingerprint density at radius 2 is 2.28 bits per heavy atom. The van der Waals surface area contributed by atoms with E-state index < -0.39 is 12.0 Å². The van der Waals surface area contributed by atoms with Crippen LogP contribution in [0, 0.1) is 5.82 Å². The van der Waals surface area contributed by atoms with Gasteiger partial charge in [-0.2, -0.15) is 0 Å². The first-order chi connectivity index (χ1) is 8.54. The Hall–Kier alpha value is -0.940. The molecule has 0 heterocycles. The molecule has 5 heteroatoms. The molecule has 0 saturated heterocycles. The molecule has 2 N–H and O–H groups in total. The molecule has 0 spiro atoms. The van der Waals surface area contributed by atoms with Crippen molar-refractivity contribution in [2.75, 3.05) is 0 Å². The Balaban J connectivity index is 2.60. The molecule has 0 amide bonds. The van der Waals surface area contributed by atoms with Crippen LogP contribution in [0.15, 0.2) is 22.7 Å². The summed E-state index contributed by atoms with van der Waals surface area (Å²) in [7, 11) is 0. The van der Waals surface area contributed by atoms with Crippen LogP contribution in [0.3, 0.4) is 0 Å². The van der Waals surface area contributed by atoms with Gasteiger partial charge in [-0.25, -0.2) is 4.39 Å². The zero-order chi connectivity index (χ0) is 13.5. The number of carboxylic acids is 1. The maximum absolute atomic E-state index is 13.1. The molecular formula is C13H17BrFNO2. The minimum Gasteiger partial charge on any atom is -0.480 e. The van der Waals surface area contributed by atoms with Crippen LogP contribution in [-0.4, -0.2) is 17.1 Å². The van der Waals surface area contributed by atoms with Crippen LogP contribution < -0.4 is 5.32 Å². The smallest absolute Gasteiger partial charge is 0.320 e. The van der Waals surface area contributed by atoms with Crippen molar-refractivity contribution in [2.24, 2.45) is 0 Å². The highest BCUT2D eigenvalue weighted by Gasteiger charge is 2.16. The lowest BCUT2D eigenvalue weighted by atomic mass is 10.1. The van der Waals surface area contributed by atoms with Crippen molar-refractivity contribution in [3.05, 3.63) is 34.1 Å². The number of hydrogen-bond acceptors (Lipinski definition) is 2. The lowest BCUT2D eigenvalue weighted by Crippen LogP contribution is -2.36. The summed E-state index contributed by atoms with van der Waals surface area (Å²) >= 11 is 3.32. The highest BCUT2D eigenvalue weighted by molar-refractivity contribution is 9.10. The molecule has 1 aromatic rings. The molecule has 0 aliphatic rings. The minimum atomic E-state index is -0.865. The predicted octanol–water partition coefficient (Wildman–Crippen LogP) is 3.32. The van der Waals surface area contributed by atoms with Crippen molar-refractivity contribution in [1.82, 2.24) is 5.32 Å². The number of carbonyl (C=O) groups is 1. The second-order valence-electron chi connectivity index (χ2n) is 4.15. The van der Waals surface area contributed by atoms with Gasteiger partial charge in [-0.05, 0) is 30.2 Å². The predicted molar refractivity (Wildman–Crippen MR) is 71.9 cm³/mol. The monoisotopic (exact) mass is 317 g/mol.